The van der Waals surface area contributed by atoms with Crippen molar-refractivity contribution in [1.82, 2.24) is 34.1 Å². The standard InChI is InChI=1S/C17H19ClN8O/c1-8(2)25-6-21-14-15(18)23-12(24-17(14)25)4-9(3)26-7-20-13-10(27)5-11(19)22-16(13)26/h5-9H,4H2,1-3H3,(H3,19,22,27). The first kappa shape index (κ1) is 17.5. The molecule has 4 aromatic heterocycles. The van der Waals surface area contributed by atoms with Gasteiger partial charge >= 0.3 is 0 Å². The number of halogens is 1. The molecule has 0 spiro atoms. The van der Waals surface area contributed by atoms with Crippen LogP contribution in [0, 0.1) is 0 Å². The first-order valence-electron chi connectivity index (χ1n) is 8.59. The summed E-state index contributed by atoms with van der Waals surface area (Å²) >= 11 is 6.32. The molecule has 1 unspecified atom stereocenters. The molecule has 0 saturated heterocycles. The van der Waals surface area contributed by atoms with Crippen LogP contribution < -0.4 is 11.2 Å². The molecule has 0 fully saturated rings. The Balaban J connectivity index is 1.74. The molecule has 0 amide bonds. The van der Waals surface area contributed by atoms with Crippen LogP contribution in [0.25, 0.3) is 22.3 Å². The summed E-state index contributed by atoms with van der Waals surface area (Å²) in [5.74, 6) is 0.887. The van der Waals surface area contributed by atoms with Crippen LogP contribution in [0.15, 0.2) is 23.5 Å². The molecule has 0 radical (unpaired) electrons. The number of rotatable bonds is 4. The fourth-order valence-corrected chi connectivity index (χ4v) is 3.37. The molecule has 9 nitrogen and oxygen atoms in total. The molecule has 10 heteroatoms. The summed E-state index contributed by atoms with van der Waals surface area (Å²) in [6.45, 7) is 6.10. The van der Waals surface area contributed by atoms with Gasteiger partial charge in [0.2, 0.25) is 5.43 Å². The smallest absolute Gasteiger partial charge is 0.211 e. The Kier molecular flexibility index (Phi) is 4.11. The Labute approximate surface area is 159 Å². The third kappa shape index (κ3) is 2.93. The van der Waals surface area contributed by atoms with Crippen LogP contribution in [0.2, 0.25) is 5.15 Å². The molecule has 140 valence electrons. The number of nitrogen functional groups attached to an aromatic ring is 1. The molecule has 1 atom stereocenters. The normalized spacial score (nSPS) is 13.1. The first-order valence-corrected chi connectivity index (χ1v) is 8.97. The molecule has 0 saturated carbocycles. The highest BCUT2D eigenvalue weighted by Crippen LogP contribution is 2.24. The zero-order chi connectivity index (χ0) is 19.3. The third-order valence-corrected chi connectivity index (χ3v) is 4.77. The van der Waals surface area contributed by atoms with E-state index in [4.69, 9.17) is 17.3 Å². The van der Waals surface area contributed by atoms with Crippen LogP contribution in [0.3, 0.4) is 0 Å². The van der Waals surface area contributed by atoms with Gasteiger partial charge in [0, 0.05) is 24.6 Å². The van der Waals surface area contributed by atoms with E-state index < -0.39 is 0 Å². The zero-order valence-corrected chi connectivity index (χ0v) is 15.9. The van der Waals surface area contributed by atoms with Crippen molar-refractivity contribution in [2.75, 3.05) is 5.73 Å². The lowest BCUT2D eigenvalue weighted by Crippen LogP contribution is -2.13. The van der Waals surface area contributed by atoms with E-state index in [0.29, 0.717) is 45.5 Å². The molecule has 0 aromatic carbocycles. The van der Waals surface area contributed by atoms with Crippen LogP contribution in [0.1, 0.15) is 38.7 Å². The minimum absolute atomic E-state index is 0.0728. The Bertz CT molecular complexity index is 1210. The van der Waals surface area contributed by atoms with Crippen molar-refractivity contribution in [3.05, 3.63) is 39.9 Å². The van der Waals surface area contributed by atoms with Crippen LogP contribution in [-0.2, 0) is 6.42 Å². The highest BCUT2D eigenvalue weighted by Gasteiger charge is 2.18. The average molecular weight is 387 g/mol. The van der Waals surface area contributed by atoms with Gasteiger partial charge in [-0.2, -0.15) is 0 Å². The molecule has 0 aliphatic carbocycles. The van der Waals surface area contributed by atoms with Gasteiger partial charge in [0.15, 0.2) is 16.3 Å². The molecule has 27 heavy (non-hydrogen) atoms. The predicted octanol–water partition coefficient (Wildman–Crippen LogP) is 2.48. The monoisotopic (exact) mass is 386 g/mol. The van der Waals surface area contributed by atoms with Crippen LogP contribution in [-0.4, -0.2) is 34.1 Å². The van der Waals surface area contributed by atoms with E-state index >= 15 is 0 Å². The van der Waals surface area contributed by atoms with Gasteiger partial charge in [-0.15, -0.1) is 0 Å². The Morgan fingerprint density at radius 2 is 1.85 bits per heavy atom. The lowest BCUT2D eigenvalue weighted by Gasteiger charge is -2.14. The summed E-state index contributed by atoms with van der Waals surface area (Å²) in [5, 5.41) is 0.328. The maximum atomic E-state index is 12.0. The van der Waals surface area contributed by atoms with Gasteiger partial charge in [-0.05, 0) is 20.8 Å². The highest BCUT2D eigenvalue weighted by atomic mass is 35.5. The van der Waals surface area contributed by atoms with Gasteiger partial charge < -0.3 is 19.9 Å². The van der Waals surface area contributed by atoms with Crippen molar-refractivity contribution < 1.29 is 0 Å². The molecule has 0 bridgehead atoms. The van der Waals surface area contributed by atoms with Gasteiger partial charge in [0.05, 0.1) is 12.7 Å². The SMILES string of the molecule is CC(C)n1cnc2c(Cl)nc(CC(C)n3cnc4c(=O)cc(N)[nH]c43)nc21. The van der Waals surface area contributed by atoms with Crippen molar-refractivity contribution in [2.45, 2.75) is 39.3 Å². The molecule has 4 rings (SSSR count). The molecule has 0 aliphatic rings. The van der Waals surface area contributed by atoms with E-state index in [-0.39, 0.29) is 17.5 Å². The Morgan fingerprint density at radius 1 is 1.15 bits per heavy atom. The number of anilines is 1. The number of hydrogen-bond acceptors (Lipinski definition) is 6. The number of pyridine rings is 1. The van der Waals surface area contributed by atoms with E-state index in [0.717, 1.165) is 0 Å². The van der Waals surface area contributed by atoms with E-state index in [1.807, 2.05) is 16.1 Å². The number of nitrogens with zero attached hydrogens (tertiary/aromatic N) is 6. The maximum absolute atomic E-state index is 12.0. The maximum Gasteiger partial charge on any atom is 0.211 e. The van der Waals surface area contributed by atoms with E-state index in [2.05, 4.69) is 38.8 Å². The Hall–Kier alpha value is -2.94. The van der Waals surface area contributed by atoms with Gasteiger partial charge in [-0.1, -0.05) is 11.6 Å². The molecule has 3 N–H and O–H groups in total. The quantitative estimate of drug-likeness (QED) is 0.520. The number of nitrogens with two attached hydrogens (primary N) is 1. The summed E-state index contributed by atoms with van der Waals surface area (Å²) in [6, 6.07) is 1.46. The second-order valence-corrected chi connectivity index (χ2v) is 7.20. The van der Waals surface area contributed by atoms with E-state index in [1.165, 1.54) is 6.07 Å². The van der Waals surface area contributed by atoms with Crippen molar-refractivity contribution >= 4 is 39.7 Å². The number of fused-ring (bicyclic) bond motifs is 2. The summed E-state index contributed by atoms with van der Waals surface area (Å²) in [4.78, 5) is 32.6. The van der Waals surface area contributed by atoms with Crippen LogP contribution >= 0.6 is 11.6 Å². The number of imidazole rings is 2. The predicted molar refractivity (Wildman–Crippen MR) is 104 cm³/mol. The second kappa shape index (κ2) is 6.34. The summed E-state index contributed by atoms with van der Waals surface area (Å²) in [6.07, 6.45) is 3.84. The number of H-pyrrole nitrogens is 1. The number of aromatic amines is 1. The van der Waals surface area contributed by atoms with Crippen LogP contribution in [0.4, 0.5) is 5.82 Å². The Morgan fingerprint density at radius 3 is 2.59 bits per heavy atom. The summed E-state index contributed by atoms with van der Waals surface area (Å²) in [5.41, 5.74) is 7.78. The zero-order valence-electron chi connectivity index (χ0n) is 15.1. The second-order valence-electron chi connectivity index (χ2n) is 6.84. The fraction of sp³-hybridized carbons (Fsp3) is 0.353. The molecular weight excluding hydrogens is 368 g/mol. The highest BCUT2D eigenvalue weighted by molar-refractivity contribution is 6.33. The molecule has 4 heterocycles. The summed E-state index contributed by atoms with van der Waals surface area (Å²) < 4.78 is 3.82. The largest absolute Gasteiger partial charge is 0.385 e. The van der Waals surface area contributed by atoms with Crippen molar-refractivity contribution in [3.63, 3.8) is 0 Å². The molecule has 0 aliphatic heterocycles. The van der Waals surface area contributed by atoms with Crippen molar-refractivity contribution in [2.24, 2.45) is 0 Å². The molecule has 4 aromatic rings. The number of aromatic nitrogens is 7. The lowest BCUT2D eigenvalue weighted by atomic mass is 10.2. The van der Waals surface area contributed by atoms with Gasteiger partial charge in [0.25, 0.3) is 0 Å². The molecular formula is C17H19ClN8O. The van der Waals surface area contributed by atoms with Gasteiger partial charge in [-0.3, -0.25) is 4.79 Å². The minimum Gasteiger partial charge on any atom is -0.385 e. The minimum atomic E-state index is -0.214. The van der Waals surface area contributed by atoms with Gasteiger partial charge in [-0.25, -0.2) is 19.9 Å². The van der Waals surface area contributed by atoms with Crippen LogP contribution in [0.5, 0.6) is 0 Å². The van der Waals surface area contributed by atoms with E-state index in [9.17, 15) is 4.79 Å². The topological polar surface area (TPSA) is 120 Å². The lowest BCUT2D eigenvalue weighted by molar-refractivity contribution is 0.540. The number of nitrogens with one attached hydrogen (secondary N) is 1. The third-order valence-electron chi connectivity index (χ3n) is 4.51. The number of hydrogen-bond donors (Lipinski definition) is 2. The van der Waals surface area contributed by atoms with Crippen molar-refractivity contribution in [3.8, 4) is 0 Å². The summed E-state index contributed by atoms with van der Waals surface area (Å²) in [7, 11) is 0. The first-order chi connectivity index (χ1) is 12.8. The van der Waals surface area contributed by atoms with E-state index in [1.54, 1.807) is 12.7 Å². The van der Waals surface area contributed by atoms with Crippen molar-refractivity contribution in [1.29, 1.82) is 0 Å². The fourth-order valence-electron chi connectivity index (χ4n) is 3.14. The van der Waals surface area contributed by atoms with Gasteiger partial charge in [0.1, 0.15) is 22.8 Å². The average Bonchev–Trinajstić information content (AvgIpc) is 3.19.